The van der Waals surface area contributed by atoms with E-state index in [1.165, 1.54) is 18.3 Å². The van der Waals surface area contributed by atoms with Crippen LogP contribution >= 0.6 is 11.3 Å². The third-order valence-electron chi connectivity index (χ3n) is 3.90. The second-order valence-corrected chi connectivity index (χ2v) is 6.53. The number of carbonyl (C=O) groups is 2. The number of nitrogens with one attached hydrogen (secondary N) is 1. The lowest BCUT2D eigenvalue weighted by Crippen LogP contribution is -2.12. The normalized spacial score (nSPS) is 10.3. The van der Waals surface area contributed by atoms with Crippen LogP contribution in [0.4, 0.5) is 5.69 Å². The van der Waals surface area contributed by atoms with Crippen molar-refractivity contribution in [3.63, 3.8) is 0 Å². The molecular formula is C20H18N2O4S. The van der Waals surface area contributed by atoms with Crippen molar-refractivity contribution in [3.8, 4) is 22.1 Å². The fourth-order valence-electron chi connectivity index (χ4n) is 2.57. The van der Waals surface area contributed by atoms with Gasteiger partial charge in [0.25, 0.3) is 5.91 Å². The summed E-state index contributed by atoms with van der Waals surface area (Å²) in [5, 5.41) is 5.09. The average molecular weight is 382 g/mol. The van der Waals surface area contributed by atoms with Gasteiger partial charge in [0.2, 0.25) is 0 Å². The maximum absolute atomic E-state index is 12.5. The molecule has 3 rings (SSSR count). The number of hydrogen-bond acceptors (Lipinski definition) is 6. The molecule has 0 bridgehead atoms. The van der Waals surface area contributed by atoms with Crippen LogP contribution in [-0.4, -0.2) is 30.9 Å². The third kappa shape index (κ3) is 3.98. The van der Waals surface area contributed by atoms with Gasteiger partial charge in [-0.3, -0.25) is 9.59 Å². The summed E-state index contributed by atoms with van der Waals surface area (Å²) in [7, 11) is 3.13. The van der Waals surface area contributed by atoms with E-state index in [0.29, 0.717) is 27.8 Å². The molecule has 138 valence electrons. The van der Waals surface area contributed by atoms with Gasteiger partial charge in [-0.15, -0.1) is 11.3 Å². The number of methoxy groups -OCH3 is 2. The van der Waals surface area contributed by atoms with E-state index in [0.717, 1.165) is 5.56 Å². The highest BCUT2D eigenvalue weighted by Gasteiger charge is 2.17. The number of thiazole rings is 1. The number of anilines is 1. The zero-order valence-corrected chi connectivity index (χ0v) is 15.9. The highest BCUT2D eigenvalue weighted by atomic mass is 32.1. The van der Waals surface area contributed by atoms with Gasteiger partial charge >= 0.3 is 0 Å². The number of benzene rings is 2. The average Bonchev–Trinajstić information content (AvgIpc) is 3.17. The Kier molecular flexibility index (Phi) is 5.52. The Balaban J connectivity index is 1.85. The lowest BCUT2D eigenvalue weighted by Gasteiger charge is -2.10. The molecule has 3 aromatic rings. The Labute approximate surface area is 160 Å². The summed E-state index contributed by atoms with van der Waals surface area (Å²) in [6.45, 7) is 1.48. The number of aromatic nitrogens is 1. The highest BCUT2D eigenvalue weighted by molar-refractivity contribution is 7.13. The van der Waals surface area contributed by atoms with Gasteiger partial charge in [0, 0.05) is 16.6 Å². The summed E-state index contributed by atoms with van der Waals surface area (Å²) in [4.78, 5) is 28.4. The minimum absolute atomic E-state index is 0.0628. The molecule has 0 saturated heterocycles. The van der Waals surface area contributed by atoms with Crippen molar-refractivity contribution in [1.82, 2.24) is 4.98 Å². The number of ketones is 1. The second kappa shape index (κ2) is 8.01. The first-order chi connectivity index (χ1) is 13.0. The zero-order chi connectivity index (χ0) is 19.4. The van der Waals surface area contributed by atoms with Crippen molar-refractivity contribution in [1.29, 1.82) is 0 Å². The summed E-state index contributed by atoms with van der Waals surface area (Å²) in [6, 6.07) is 12.3. The minimum Gasteiger partial charge on any atom is -0.493 e. The Hall–Kier alpha value is -3.19. The number of rotatable bonds is 6. The molecule has 0 radical (unpaired) electrons. The van der Waals surface area contributed by atoms with Gasteiger partial charge < -0.3 is 14.8 Å². The van der Waals surface area contributed by atoms with Gasteiger partial charge in [0.1, 0.15) is 10.7 Å². The van der Waals surface area contributed by atoms with Crippen molar-refractivity contribution in [2.45, 2.75) is 6.92 Å². The molecule has 0 unspecified atom stereocenters. The predicted octanol–water partition coefficient (Wildman–Crippen LogP) is 4.28. The molecule has 0 aliphatic carbocycles. The van der Waals surface area contributed by atoms with Gasteiger partial charge in [-0.25, -0.2) is 4.98 Å². The van der Waals surface area contributed by atoms with E-state index in [2.05, 4.69) is 10.3 Å². The van der Waals surface area contributed by atoms with Crippen molar-refractivity contribution >= 4 is 28.7 Å². The number of ether oxygens (including phenoxy) is 2. The van der Waals surface area contributed by atoms with E-state index in [-0.39, 0.29) is 17.4 Å². The van der Waals surface area contributed by atoms with E-state index in [9.17, 15) is 9.59 Å². The number of para-hydroxylation sites is 1. The Morgan fingerprint density at radius 1 is 1.07 bits per heavy atom. The van der Waals surface area contributed by atoms with Crippen LogP contribution in [0.3, 0.4) is 0 Å². The molecule has 6 nitrogen and oxygen atoms in total. The Bertz CT molecular complexity index is 997. The molecular weight excluding hydrogens is 364 g/mol. The summed E-state index contributed by atoms with van der Waals surface area (Å²) in [6.07, 6.45) is 0. The monoisotopic (exact) mass is 382 g/mol. The third-order valence-corrected chi connectivity index (χ3v) is 4.77. The molecule has 0 aliphatic rings. The van der Waals surface area contributed by atoms with E-state index >= 15 is 0 Å². The zero-order valence-electron chi connectivity index (χ0n) is 15.1. The van der Waals surface area contributed by atoms with E-state index in [1.54, 1.807) is 49.9 Å². The molecule has 0 saturated carbocycles. The maximum Gasteiger partial charge on any atom is 0.275 e. The van der Waals surface area contributed by atoms with Gasteiger partial charge in [-0.2, -0.15) is 0 Å². The molecule has 1 heterocycles. The Morgan fingerprint density at radius 2 is 1.85 bits per heavy atom. The molecule has 2 aromatic carbocycles. The highest BCUT2D eigenvalue weighted by Crippen LogP contribution is 2.39. The molecule has 1 N–H and O–H groups in total. The number of hydrogen-bond donors (Lipinski definition) is 1. The molecule has 0 atom stereocenters. The van der Waals surface area contributed by atoms with Gasteiger partial charge in [0.15, 0.2) is 17.3 Å². The van der Waals surface area contributed by atoms with Crippen LogP contribution in [0.5, 0.6) is 11.5 Å². The molecule has 7 heteroatoms. The molecule has 0 spiro atoms. The van der Waals surface area contributed by atoms with Crippen LogP contribution in [0, 0.1) is 0 Å². The maximum atomic E-state index is 12.5. The first kappa shape index (κ1) is 18.6. The van der Waals surface area contributed by atoms with Crippen LogP contribution in [0.1, 0.15) is 27.8 Å². The fraction of sp³-hybridized carbons (Fsp3) is 0.150. The molecule has 1 aromatic heterocycles. The quantitative estimate of drug-likeness (QED) is 0.644. The largest absolute Gasteiger partial charge is 0.493 e. The standard InChI is InChI=1S/C20H18N2O4S/c1-12(23)13-6-4-7-14(10-13)21-19(24)16-11-27-20(22-16)15-8-5-9-17(25-2)18(15)26-3/h4-11H,1-3H3,(H,21,24). The van der Waals surface area contributed by atoms with Crippen LogP contribution in [0.25, 0.3) is 10.6 Å². The second-order valence-electron chi connectivity index (χ2n) is 5.67. The van der Waals surface area contributed by atoms with Gasteiger partial charge in [-0.05, 0) is 31.2 Å². The first-order valence-electron chi connectivity index (χ1n) is 8.12. The molecule has 1 amide bonds. The smallest absolute Gasteiger partial charge is 0.275 e. The summed E-state index contributed by atoms with van der Waals surface area (Å²) in [5.41, 5.74) is 2.11. The summed E-state index contributed by atoms with van der Waals surface area (Å²) < 4.78 is 10.7. The van der Waals surface area contributed by atoms with Crippen molar-refractivity contribution in [2.75, 3.05) is 19.5 Å². The van der Waals surface area contributed by atoms with Gasteiger partial charge in [-0.1, -0.05) is 18.2 Å². The minimum atomic E-state index is -0.347. The first-order valence-corrected chi connectivity index (χ1v) is 9.00. The molecule has 0 fully saturated rings. The van der Waals surface area contributed by atoms with Crippen LogP contribution < -0.4 is 14.8 Å². The number of nitrogens with zero attached hydrogens (tertiary/aromatic N) is 1. The van der Waals surface area contributed by atoms with Crippen LogP contribution in [-0.2, 0) is 0 Å². The number of Topliss-reactive ketones (excluding diaryl/α,β-unsaturated/α-hetero) is 1. The lowest BCUT2D eigenvalue weighted by atomic mass is 10.1. The topological polar surface area (TPSA) is 77.5 Å². The molecule has 0 aliphatic heterocycles. The SMILES string of the molecule is COc1cccc(-c2nc(C(=O)Nc3cccc(C(C)=O)c3)cs2)c1OC. The van der Waals surface area contributed by atoms with Crippen molar-refractivity contribution in [2.24, 2.45) is 0 Å². The lowest BCUT2D eigenvalue weighted by molar-refractivity contribution is 0.100. The van der Waals surface area contributed by atoms with Crippen molar-refractivity contribution in [3.05, 3.63) is 59.1 Å². The van der Waals surface area contributed by atoms with E-state index < -0.39 is 0 Å². The number of carbonyl (C=O) groups excluding carboxylic acids is 2. The van der Waals surface area contributed by atoms with Crippen LogP contribution in [0.15, 0.2) is 47.8 Å². The van der Waals surface area contributed by atoms with Crippen molar-refractivity contribution < 1.29 is 19.1 Å². The Morgan fingerprint density at radius 3 is 2.56 bits per heavy atom. The van der Waals surface area contributed by atoms with Gasteiger partial charge in [0.05, 0.1) is 19.8 Å². The van der Waals surface area contributed by atoms with E-state index in [4.69, 9.17) is 9.47 Å². The number of amides is 1. The van der Waals surface area contributed by atoms with E-state index in [1.807, 2.05) is 12.1 Å². The predicted molar refractivity (Wildman–Crippen MR) is 105 cm³/mol. The fourth-order valence-corrected chi connectivity index (χ4v) is 3.39. The summed E-state index contributed by atoms with van der Waals surface area (Å²) >= 11 is 1.34. The van der Waals surface area contributed by atoms with Crippen LogP contribution in [0.2, 0.25) is 0 Å². The summed E-state index contributed by atoms with van der Waals surface area (Å²) in [5.74, 6) is 0.750. The molecule has 27 heavy (non-hydrogen) atoms.